The zero-order valence-electron chi connectivity index (χ0n) is 10.4. The summed E-state index contributed by atoms with van der Waals surface area (Å²) in [5.74, 6) is -0.0564. The maximum atomic E-state index is 13.2. The van der Waals surface area contributed by atoms with E-state index in [1.165, 1.54) is 24.3 Å². The minimum Gasteiger partial charge on any atom is -0.482 e. The number of hydrogen-bond acceptors (Lipinski definition) is 1. The summed E-state index contributed by atoms with van der Waals surface area (Å²) in [5.41, 5.74) is 0.519. The van der Waals surface area contributed by atoms with Crippen LogP contribution in [0.5, 0.6) is 5.75 Å². The maximum absolute atomic E-state index is 13.2. The molecule has 0 saturated heterocycles. The molecule has 98 valence electrons. The van der Waals surface area contributed by atoms with Crippen molar-refractivity contribution in [1.82, 2.24) is 0 Å². The van der Waals surface area contributed by atoms with Crippen LogP contribution < -0.4 is 4.74 Å². The first-order valence-corrected chi connectivity index (χ1v) is 6.39. The predicted octanol–water partition coefficient (Wildman–Crippen LogP) is 4.42. The highest BCUT2D eigenvalue weighted by atomic mass is 19.1. The molecule has 0 unspecified atom stereocenters. The molecule has 1 fully saturated rings. The minimum absolute atomic E-state index is 0.260. The summed E-state index contributed by atoms with van der Waals surface area (Å²) in [6.07, 6.45) is 2.80. The van der Waals surface area contributed by atoms with E-state index in [0.29, 0.717) is 5.75 Å². The quantitative estimate of drug-likeness (QED) is 0.793. The van der Waals surface area contributed by atoms with Crippen LogP contribution in [0.3, 0.4) is 0 Å². The monoisotopic (exact) mass is 260 g/mol. The summed E-state index contributed by atoms with van der Waals surface area (Å²) in [5, 5.41) is 0. The van der Waals surface area contributed by atoms with Crippen molar-refractivity contribution < 1.29 is 13.5 Å². The van der Waals surface area contributed by atoms with Crippen LogP contribution in [0.1, 0.15) is 24.8 Å². The molecule has 0 bridgehead atoms. The molecule has 1 aliphatic rings. The molecule has 1 aliphatic carbocycles. The Morgan fingerprint density at radius 1 is 0.895 bits per heavy atom. The van der Waals surface area contributed by atoms with Crippen LogP contribution in [0.4, 0.5) is 8.78 Å². The average molecular weight is 260 g/mol. The zero-order chi connectivity index (χ0) is 13.3. The molecule has 0 amide bonds. The molecule has 0 radical (unpaired) electrons. The van der Waals surface area contributed by atoms with Crippen LogP contribution in [0.2, 0.25) is 0 Å². The number of ether oxygens (including phenoxy) is 1. The van der Waals surface area contributed by atoms with Gasteiger partial charge in [-0.2, -0.15) is 0 Å². The Hall–Kier alpha value is -1.90. The largest absolute Gasteiger partial charge is 0.482 e. The molecule has 0 spiro atoms. The van der Waals surface area contributed by atoms with Crippen molar-refractivity contribution in [3.8, 4) is 5.75 Å². The molecule has 0 aromatic heterocycles. The van der Waals surface area contributed by atoms with Crippen molar-refractivity contribution in [2.24, 2.45) is 0 Å². The Kier molecular flexibility index (Phi) is 2.97. The SMILES string of the molecule is Fc1ccc(C2(Oc3cccc(F)c3)CCC2)cc1. The fourth-order valence-corrected chi connectivity index (χ4v) is 2.46. The summed E-state index contributed by atoms with van der Waals surface area (Å²) >= 11 is 0. The molecular weight excluding hydrogens is 246 g/mol. The van der Waals surface area contributed by atoms with E-state index >= 15 is 0 Å². The number of halogens is 2. The summed E-state index contributed by atoms with van der Waals surface area (Å²) in [7, 11) is 0. The van der Waals surface area contributed by atoms with Crippen molar-refractivity contribution in [2.45, 2.75) is 24.9 Å². The molecule has 2 aromatic carbocycles. The molecular formula is C16H14F2O. The van der Waals surface area contributed by atoms with E-state index in [-0.39, 0.29) is 11.6 Å². The lowest BCUT2D eigenvalue weighted by atomic mass is 9.75. The van der Waals surface area contributed by atoms with E-state index in [0.717, 1.165) is 24.8 Å². The van der Waals surface area contributed by atoms with Gasteiger partial charge in [0.2, 0.25) is 0 Å². The summed E-state index contributed by atoms with van der Waals surface area (Å²) in [6, 6.07) is 12.5. The maximum Gasteiger partial charge on any atom is 0.134 e. The van der Waals surface area contributed by atoms with Crippen LogP contribution >= 0.6 is 0 Å². The topological polar surface area (TPSA) is 9.23 Å². The van der Waals surface area contributed by atoms with Gasteiger partial charge in [-0.3, -0.25) is 0 Å². The van der Waals surface area contributed by atoms with Gasteiger partial charge in [0.25, 0.3) is 0 Å². The van der Waals surface area contributed by atoms with Gasteiger partial charge >= 0.3 is 0 Å². The Morgan fingerprint density at radius 3 is 2.21 bits per heavy atom. The second kappa shape index (κ2) is 4.65. The van der Waals surface area contributed by atoms with E-state index < -0.39 is 5.60 Å². The molecule has 1 nitrogen and oxygen atoms in total. The number of hydrogen-bond donors (Lipinski definition) is 0. The first-order valence-electron chi connectivity index (χ1n) is 6.39. The van der Waals surface area contributed by atoms with Crippen LogP contribution in [-0.4, -0.2) is 0 Å². The van der Waals surface area contributed by atoms with Gasteiger partial charge in [0.1, 0.15) is 23.0 Å². The first-order chi connectivity index (χ1) is 9.18. The standard InChI is InChI=1S/C16H14F2O/c17-13-7-5-12(6-8-13)16(9-2-10-16)19-15-4-1-3-14(18)11-15/h1,3-8,11H,2,9-10H2. The smallest absolute Gasteiger partial charge is 0.134 e. The Balaban J connectivity index is 1.89. The van der Waals surface area contributed by atoms with Crippen molar-refractivity contribution >= 4 is 0 Å². The normalized spacial score (nSPS) is 16.7. The molecule has 0 N–H and O–H groups in total. The summed E-state index contributed by atoms with van der Waals surface area (Å²) < 4.78 is 32.2. The van der Waals surface area contributed by atoms with Crippen molar-refractivity contribution in [2.75, 3.05) is 0 Å². The highest BCUT2D eigenvalue weighted by Crippen LogP contribution is 2.45. The van der Waals surface area contributed by atoms with Gasteiger partial charge < -0.3 is 4.74 Å². The first kappa shape index (κ1) is 12.2. The Labute approximate surface area is 110 Å². The predicted molar refractivity (Wildman–Crippen MR) is 69.0 cm³/mol. The molecule has 0 heterocycles. The molecule has 3 rings (SSSR count). The third kappa shape index (κ3) is 2.33. The lowest BCUT2D eigenvalue weighted by molar-refractivity contribution is -0.0124. The Bertz CT molecular complexity index is 574. The third-order valence-corrected chi connectivity index (χ3v) is 3.64. The average Bonchev–Trinajstić information content (AvgIpc) is 2.35. The van der Waals surface area contributed by atoms with Crippen LogP contribution in [0.25, 0.3) is 0 Å². The van der Waals surface area contributed by atoms with E-state index in [2.05, 4.69) is 0 Å². The second-order valence-corrected chi connectivity index (χ2v) is 4.91. The van der Waals surface area contributed by atoms with E-state index in [1.807, 2.05) is 0 Å². The number of rotatable bonds is 3. The van der Waals surface area contributed by atoms with Crippen LogP contribution in [-0.2, 0) is 5.60 Å². The fraction of sp³-hybridized carbons (Fsp3) is 0.250. The van der Waals surface area contributed by atoms with Gasteiger partial charge in [-0.15, -0.1) is 0 Å². The zero-order valence-corrected chi connectivity index (χ0v) is 10.4. The third-order valence-electron chi connectivity index (χ3n) is 3.64. The van der Waals surface area contributed by atoms with E-state index in [1.54, 1.807) is 24.3 Å². The van der Waals surface area contributed by atoms with Gasteiger partial charge in [-0.1, -0.05) is 18.2 Å². The van der Waals surface area contributed by atoms with Crippen LogP contribution in [0, 0.1) is 11.6 Å². The van der Waals surface area contributed by atoms with Crippen LogP contribution in [0.15, 0.2) is 48.5 Å². The Morgan fingerprint density at radius 2 is 1.63 bits per heavy atom. The second-order valence-electron chi connectivity index (χ2n) is 4.91. The lowest BCUT2D eigenvalue weighted by Gasteiger charge is -2.42. The van der Waals surface area contributed by atoms with Gasteiger partial charge in [0, 0.05) is 6.07 Å². The molecule has 1 saturated carbocycles. The lowest BCUT2D eigenvalue weighted by Crippen LogP contribution is -2.40. The number of benzene rings is 2. The highest BCUT2D eigenvalue weighted by Gasteiger charge is 2.41. The van der Waals surface area contributed by atoms with Gasteiger partial charge in [0.05, 0.1) is 0 Å². The van der Waals surface area contributed by atoms with Crippen molar-refractivity contribution in [3.63, 3.8) is 0 Å². The van der Waals surface area contributed by atoms with Gasteiger partial charge in [-0.05, 0) is 49.1 Å². The molecule has 3 heteroatoms. The molecule has 0 atom stereocenters. The van der Waals surface area contributed by atoms with E-state index in [4.69, 9.17) is 4.74 Å². The fourth-order valence-electron chi connectivity index (χ4n) is 2.46. The van der Waals surface area contributed by atoms with E-state index in [9.17, 15) is 8.78 Å². The summed E-state index contributed by atoms with van der Waals surface area (Å²) in [4.78, 5) is 0. The van der Waals surface area contributed by atoms with Gasteiger partial charge in [0.15, 0.2) is 0 Å². The summed E-state index contributed by atoms with van der Waals surface area (Å²) in [6.45, 7) is 0. The molecule has 19 heavy (non-hydrogen) atoms. The minimum atomic E-state index is -0.429. The van der Waals surface area contributed by atoms with Gasteiger partial charge in [-0.25, -0.2) is 8.78 Å². The van der Waals surface area contributed by atoms with Crippen molar-refractivity contribution in [1.29, 1.82) is 0 Å². The van der Waals surface area contributed by atoms with Crippen molar-refractivity contribution in [3.05, 3.63) is 65.7 Å². The molecule has 0 aliphatic heterocycles. The highest BCUT2D eigenvalue weighted by molar-refractivity contribution is 5.30. The molecule has 2 aromatic rings.